The third-order valence-electron chi connectivity index (χ3n) is 1.94. The second-order valence-corrected chi connectivity index (χ2v) is 4.25. The second-order valence-electron chi connectivity index (χ2n) is 4.25. The zero-order valence-corrected chi connectivity index (χ0v) is 12.9. The highest BCUT2D eigenvalue weighted by Crippen LogP contribution is 2.17. The lowest BCUT2D eigenvalue weighted by atomic mass is 9.97. The van der Waals surface area contributed by atoms with Gasteiger partial charge >= 0.3 is 0 Å². The molecule has 1 heterocycles. The van der Waals surface area contributed by atoms with Crippen LogP contribution in [0, 0.1) is 12.3 Å². The predicted molar refractivity (Wildman–Crippen MR) is 78.0 cm³/mol. The molecule has 0 aliphatic heterocycles. The molecule has 0 saturated heterocycles. The fourth-order valence-corrected chi connectivity index (χ4v) is 0.864. The van der Waals surface area contributed by atoms with E-state index in [0.29, 0.717) is 6.61 Å². The van der Waals surface area contributed by atoms with Gasteiger partial charge in [0, 0.05) is 11.1 Å². The van der Waals surface area contributed by atoms with Gasteiger partial charge in [-0.25, -0.2) is 0 Å². The molecule has 0 aliphatic rings. The van der Waals surface area contributed by atoms with Crippen molar-refractivity contribution in [3.63, 3.8) is 0 Å². The third kappa shape index (κ3) is 8.99. The number of nitrogens with zero attached hydrogens (tertiary/aromatic N) is 1. The van der Waals surface area contributed by atoms with Gasteiger partial charge in [-0.1, -0.05) is 41.5 Å². The largest absolute Gasteiger partial charge is 0.491 e. The van der Waals surface area contributed by atoms with E-state index in [4.69, 9.17) is 9.84 Å². The summed E-state index contributed by atoms with van der Waals surface area (Å²) in [5.74, 6) is 0.747. The zero-order chi connectivity index (χ0) is 14.6. The molecule has 0 aliphatic carbocycles. The molecular formula is C15H29NO2. The van der Waals surface area contributed by atoms with Gasteiger partial charge < -0.3 is 9.84 Å². The number of pyridine rings is 1. The van der Waals surface area contributed by atoms with E-state index in [1.807, 2.05) is 60.6 Å². The van der Waals surface area contributed by atoms with Gasteiger partial charge in [-0.2, -0.15) is 0 Å². The number of hydrogen-bond donors (Lipinski definition) is 1. The Morgan fingerprint density at radius 1 is 1.17 bits per heavy atom. The van der Waals surface area contributed by atoms with Gasteiger partial charge in [-0.3, -0.25) is 4.98 Å². The van der Waals surface area contributed by atoms with Crippen molar-refractivity contribution in [1.82, 2.24) is 4.98 Å². The van der Waals surface area contributed by atoms with Gasteiger partial charge in [0.25, 0.3) is 0 Å². The minimum Gasteiger partial charge on any atom is -0.491 e. The van der Waals surface area contributed by atoms with Crippen LogP contribution in [0.25, 0.3) is 0 Å². The molecule has 1 rings (SSSR count). The van der Waals surface area contributed by atoms with Crippen LogP contribution in [0.2, 0.25) is 0 Å². The topological polar surface area (TPSA) is 42.4 Å². The Labute approximate surface area is 112 Å². The summed E-state index contributed by atoms with van der Waals surface area (Å²) in [5.41, 5.74) is 0.768. The van der Waals surface area contributed by atoms with Gasteiger partial charge in [-0.05, 0) is 19.1 Å². The maximum absolute atomic E-state index is 9.02. The van der Waals surface area contributed by atoms with Crippen LogP contribution in [0.4, 0.5) is 0 Å². The lowest BCUT2D eigenvalue weighted by Crippen LogP contribution is -2.25. The first kappa shape index (κ1) is 19.3. The monoisotopic (exact) mass is 255 g/mol. The molecule has 0 saturated carbocycles. The van der Waals surface area contributed by atoms with Crippen molar-refractivity contribution >= 4 is 0 Å². The van der Waals surface area contributed by atoms with E-state index >= 15 is 0 Å². The van der Waals surface area contributed by atoms with E-state index in [1.165, 1.54) is 0 Å². The smallest absolute Gasteiger partial charge is 0.137 e. The van der Waals surface area contributed by atoms with E-state index in [-0.39, 0.29) is 12.0 Å². The maximum Gasteiger partial charge on any atom is 0.137 e. The van der Waals surface area contributed by atoms with Crippen molar-refractivity contribution in [2.24, 2.45) is 5.41 Å². The van der Waals surface area contributed by atoms with Crippen LogP contribution in [0.15, 0.2) is 18.3 Å². The molecule has 0 unspecified atom stereocenters. The molecule has 1 aromatic heterocycles. The van der Waals surface area contributed by atoms with Crippen LogP contribution >= 0.6 is 0 Å². The number of aryl methyl sites for hydroxylation is 1. The first-order chi connectivity index (χ1) is 8.53. The molecule has 0 aromatic carbocycles. The summed E-state index contributed by atoms with van der Waals surface area (Å²) in [6, 6.07) is 3.79. The molecule has 18 heavy (non-hydrogen) atoms. The normalized spacial score (nSPS) is 9.56. The molecule has 106 valence electrons. The highest BCUT2D eigenvalue weighted by Gasteiger charge is 2.17. The van der Waals surface area contributed by atoms with Crippen LogP contribution in [0.3, 0.4) is 0 Å². The summed E-state index contributed by atoms with van der Waals surface area (Å²) >= 11 is 0. The van der Waals surface area contributed by atoms with Crippen molar-refractivity contribution in [3.05, 3.63) is 24.0 Å². The quantitative estimate of drug-likeness (QED) is 0.889. The molecule has 0 atom stereocenters. The molecule has 0 radical (unpaired) electrons. The van der Waals surface area contributed by atoms with E-state index in [0.717, 1.165) is 11.4 Å². The van der Waals surface area contributed by atoms with Crippen molar-refractivity contribution < 1.29 is 9.84 Å². The van der Waals surface area contributed by atoms with Crippen LogP contribution in [-0.4, -0.2) is 23.3 Å². The summed E-state index contributed by atoms with van der Waals surface area (Å²) in [5, 5.41) is 9.02. The Bertz CT molecular complexity index is 281. The van der Waals surface area contributed by atoms with Crippen LogP contribution < -0.4 is 4.74 Å². The van der Waals surface area contributed by atoms with E-state index in [1.54, 1.807) is 6.20 Å². The molecule has 0 spiro atoms. The van der Waals surface area contributed by atoms with E-state index < -0.39 is 0 Å². The summed E-state index contributed by atoms with van der Waals surface area (Å²) in [6.45, 7) is 14.4. The van der Waals surface area contributed by atoms with Crippen LogP contribution in [0.1, 0.15) is 47.2 Å². The maximum atomic E-state index is 9.02. The van der Waals surface area contributed by atoms with Crippen molar-refractivity contribution in [3.8, 4) is 5.75 Å². The number of aromatic nitrogens is 1. The number of ether oxygens (including phenoxy) is 1. The second kappa shape index (κ2) is 11.0. The fourth-order valence-electron chi connectivity index (χ4n) is 0.864. The molecular weight excluding hydrogens is 226 g/mol. The number of aliphatic hydroxyl groups excluding tert-OH is 1. The predicted octanol–water partition coefficient (Wildman–Crippen LogP) is 3.84. The molecule has 1 aromatic rings. The molecule has 0 fully saturated rings. The summed E-state index contributed by atoms with van der Waals surface area (Å²) in [4.78, 5) is 4.12. The van der Waals surface area contributed by atoms with Crippen molar-refractivity contribution in [1.29, 1.82) is 0 Å². The standard InChI is InChI=1S/C11H17NO2.2C2H6/c1-9-4-5-10(6-12-9)14-8-11(2,3)7-13;2*1-2/h4-6,13H,7-8H2,1-3H3;2*1-2H3. The lowest BCUT2D eigenvalue weighted by Gasteiger charge is -2.21. The van der Waals surface area contributed by atoms with Gasteiger partial charge in [0.1, 0.15) is 5.75 Å². The Morgan fingerprint density at radius 3 is 2.11 bits per heavy atom. The fraction of sp³-hybridized carbons (Fsp3) is 0.667. The molecule has 1 N–H and O–H groups in total. The van der Waals surface area contributed by atoms with Gasteiger partial charge in [0.15, 0.2) is 0 Å². The van der Waals surface area contributed by atoms with Gasteiger partial charge in [-0.15, -0.1) is 0 Å². The minimum absolute atomic E-state index is 0.117. The van der Waals surface area contributed by atoms with Gasteiger partial charge in [0.2, 0.25) is 0 Å². The summed E-state index contributed by atoms with van der Waals surface area (Å²) < 4.78 is 5.49. The molecule has 3 nitrogen and oxygen atoms in total. The number of aliphatic hydroxyl groups is 1. The Kier molecular flexibility index (Phi) is 11.8. The first-order valence-corrected chi connectivity index (χ1v) is 6.70. The SMILES string of the molecule is CC.CC.Cc1ccc(OCC(C)(C)CO)cn1. The molecule has 3 heteroatoms. The number of hydrogen-bond acceptors (Lipinski definition) is 3. The molecule has 0 bridgehead atoms. The van der Waals surface area contributed by atoms with E-state index in [9.17, 15) is 0 Å². The van der Waals surface area contributed by atoms with Crippen LogP contribution in [0.5, 0.6) is 5.75 Å². The van der Waals surface area contributed by atoms with Crippen molar-refractivity contribution in [2.45, 2.75) is 48.5 Å². The minimum atomic E-state index is -0.203. The van der Waals surface area contributed by atoms with E-state index in [2.05, 4.69) is 4.98 Å². The Morgan fingerprint density at radius 2 is 1.72 bits per heavy atom. The highest BCUT2D eigenvalue weighted by molar-refractivity contribution is 5.19. The Balaban J connectivity index is 0. The zero-order valence-electron chi connectivity index (χ0n) is 12.9. The third-order valence-corrected chi connectivity index (χ3v) is 1.94. The average molecular weight is 255 g/mol. The summed E-state index contributed by atoms with van der Waals surface area (Å²) in [6.07, 6.45) is 1.70. The number of rotatable bonds is 4. The average Bonchev–Trinajstić information content (AvgIpc) is 2.43. The highest BCUT2D eigenvalue weighted by atomic mass is 16.5. The van der Waals surface area contributed by atoms with Gasteiger partial charge in [0.05, 0.1) is 19.4 Å². The first-order valence-electron chi connectivity index (χ1n) is 6.70. The van der Waals surface area contributed by atoms with Crippen LogP contribution in [-0.2, 0) is 0 Å². The summed E-state index contributed by atoms with van der Waals surface area (Å²) in [7, 11) is 0. The Hall–Kier alpha value is -1.09. The van der Waals surface area contributed by atoms with Crippen molar-refractivity contribution in [2.75, 3.05) is 13.2 Å². The molecule has 0 amide bonds. The lowest BCUT2D eigenvalue weighted by molar-refractivity contribution is 0.0973.